The Balaban J connectivity index is 1.45. The summed E-state index contributed by atoms with van der Waals surface area (Å²) in [4.78, 5) is 67.3. The normalized spacial score (nSPS) is 18.1. The molecule has 0 saturated carbocycles. The van der Waals surface area contributed by atoms with Gasteiger partial charge in [0.05, 0.1) is 28.9 Å². The highest BCUT2D eigenvalue weighted by Gasteiger charge is 2.37. The lowest BCUT2D eigenvalue weighted by atomic mass is 10.1. The maximum absolute atomic E-state index is 13.2. The molecule has 2 atom stereocenters. The smallest absolute Gasteiger partial charge is 0.414 e. The average molecular weight is 593 g/mol. The minimum Gasteiger partial charge on any atom is -0.454 e. The van der Waals surface area contributed by atoms with Gasteiger partial charge in [-0.3, -0.25) is 29.0 Å². The number of hydrogen-bond acceptors (Lipinski definition) is 10. The van der Waals surface area contributed by atoms with Crippen LogP contribution in [0.3, 0.4) is 0 Å². The number of halogens is 1. The SMILES string of the molecule is CC(C)[C@H](N)C(=O)OCC(=O)N(C[C@H]1CN(c2ccc(N3CCOCC3=O)cc2)C(=O)O1)C(=O)c1ccc(Cl)s1. The molecule has 214 valence electrons. The predicted octanol–water partition coefficient (Wildman–Crippen LogP) is 2.29. The molecular weight excluding hydrogens is 564 g/mol. The lowest BCUT2D eigenvalue weighted by Gasteiger charge is -2.27. The molecule has 0 spiro atoms. The van der Waals surface area contributed by atoms with Gasteiger partial charge in [-0.05, 0) is 42.3 Å². The second kappa shape index (κ2) is 12.8. The Hall–Kier alpha value is -3.52. The number of imide groups is 1. The molecule has 0 unspecified atom stereocenters. The summed E-state index contributed by atoms with van der Waals surface area (Å²) in [7, 11) is 0. The van der Waals surface area contributed by atoms with Gasteiger partial charge in [-0.2, -0.15) is 0 Å². The summed E-state index contributed by atoms with van der Waals surface area (Å²) in [5, 5.41) is 0. The zero-order chi connectivity index (χ0) is 29.0. The number of nitrogens with zero attached hydrogens (tertiary/aromatic N) is 3. The number of rotatable bonds is 9. The summed E-state index contributed by atoms with van der Waals surface area (Å²) in [6.45, 7) is 3.41. The standard InChI is InChI=1S/C26H29ClN4O8S/c1-15(2)23(28)25(35)38-14-22(33)31(24(34)19-7-8-20(27)40-19)12-18-11-30(26(36)39-18)17-5-3-16(4-6-17)29-9-10-37-13-21(29)32/h3-8,15,18,23H,9-14,28H2,1-2H3/t18-,23+/m1/s1. The van der Waals surface area contributed by atoms with Gasteiger partial charge in [-0.15, -0.1) is 11.3 Å². The molecule has 1 aromatic carbocycles. The summed E-state index contributed by atoms with van der Waals surface area (Å²) >= 11 is 6.96. The number of nitrogens with two attached hydrogens (primary N) is 1. The molecular formula is C26H29ClN4O8S. The van der Waals surface area contributed by atoms with E-state index in [1.54, 1.807) is 43.0 Å². The van der Waals surface area contributed by atoms with E-state index < -0.39 is 42.6 Å². The number of anilines is 2. The van der Waals surface area contributed by atoms with Crippen LogP contribution in [0.15, 0.2) is 36.4 Å². The molecule has 1 aromatic heterocycles. The van der Waals surface area contributed by atoms with Gasteiger partial charge in [0.15, 0.2) is 6.61 Å². The number of benzene rings is 1. The Morgan fingerprint density at radius 3 is 2.40 bits per heavy atom. The van der Waals surface area contributed by atoms with Gasteiger partial charge in [0.1, 0.15) is 18.8 Å². The summed E-state index contributed by atoms with van der Waals surface area (Å²) in [6.07, 6.45) is -1.52. The Kier molecular flexibility index (Phi) is 9.40. The van der Waals surface area contributed by atoms with Crippen molar-refractivity contribution in [1.29, 1.82) is 0 Å². The molecule has 0 bridgehead atoms. The Labute approximate surface area is 239 Å². The van der Waals surface area contributed by atoms with Crippen molar-refractivity contribution in [1.82, 2.24) is 4.90 Å². The topological polar surface area (TPSA) is 149 Å². The van der Waals surface area contributed by atoms with E-state index >= 15 is 0 Å². The minimum atomic E-state index is -0.926. The number of carbonyl (C=O) groups excluding carboxylic acids is 5. The van der Waals surface area contributed by atoms with Crippen LogP contribution in [0.25, 0.3) is 0 Å². The van der Waals surface area contributed by atoms with Crippen LogP contribution in [0.4, 0.5) is 16.2 Å². The molecule has 2 aliphatic heterocycles. The van der Waals surface area contributed by atoms with E-state index in [0.29, 0.717) is 28.9 Å². The molecule has 2 saturated heterocycles. The first kappa shape index (κ1) is 29.5. The van der Waals surface area contributed by atoms with Crippen molar-refractivity contribution in [3.63, 3.8) is 0 Å². The first-order chi connectivity index (χ1) is 19.0. The summed E-state index contributed by atoms with van der Waals surface area (Å²) in [5.74, 6) is -2.59. The van der Waals surface area contributed by atoms with Crippen molar-refractivity contribution in [3.05, 3.63) is 45.6 Å². The van der Waals surface area contributed by atoms with Crippen LogP contribution in [0.5, 0.6) is 0 Å². The second-order valence-corrected chi connectivity index (χ2v) is 11.2. The van der Waals surface area contributed by atoms with Gasteiger partial charge in [0.2, 0.25) is 0 Å². The van der Waals surface area contributed by atoms with Gasteiger partial charge < -0.3 is 24.8 Å². The van der Waals surface area contributed by atoms with E-state index in [9.17, 15) is 24.0 Å². The van der Waals surface area contributed by atoms with Gasteiger partial charge >= 0.3 is 12.1 Å². The summed E-state index contributed by atoms with van der Waals surface area (Å²) in [6, 6.07) is 8.87. The Morgan fingerprint density at radius 1 is 1.12 bits per heavy atom. The fourth-order valence-electron chi connectivity index (χ4n) is 4.07. The highest BCUT2D eigenvalue weighted by molar-refractivity contribution is 7.18. The first-order valence-corrected chi connectivity index (χ1v) is 13.7. The third-order valence-electron chi connectivity index (χ3n) is 6.38. The third-order valence-corrected chi connectivity index (χ3v) is 7.60. The number of cyclic esters (lactones) is 1. The van der Waals surface area contributed by atoms with Crippen LogP contribution in [0.2, 0.25) is 4.34 Å². The van der Waals surface area contributed by atoms with Gasteiger partial charge in [-0.25, -0.2) is 4.79 Å². The summed E-state index contributed by atoms with van der Waals surface area (Å²) in [5.41, 5.74) is 6.97. The van der Waals surface area contributed by atoms with Crippen molar-refractivity contribution in [3.8, 4) is 0 Å². The fraction of sp³-hybridized carbons (Fsp3) is 0.423. The van der Waals surface area contributed by atoms with Crippen molar-refractivity contribution in [2.24, 2.45) is 11.7 Å². The zero-order valence-electron chi connectivity index (χ0n) is 21.9. The number of carbonyl (C=O) groups is 5. The van der Waals surface area contributed by atoms with Crippen LogP contribution in [-0.2, 0) is 28.6 Å². The van der Waals surface area contributed by atoms with E-state index in [4.69, 9.17) is 31.5 Å². The molecule has 2 aliphatic rings. The Morgan fingerprint density at radius 2 is 1.80 bits per heavy atom. The highest BCUT2D eigenvalue weighted by atomic mass is 35.5. The van der Waals surface area contributed by atoms with Gasteiger partial charge in [0.25, 0.3) is 17.7 Å². The molecule has 12 nitrogen and oxygen atoms in total. The maximum Gasteiger partial charge on any atom is 0.414 e. The molecule has 2 fully saturated rings. The van der Waals surface area contributed by atoms with Crippen molar-refractivity contribution < 1.29 is 38.2 Å². The quantitative estimate of drug-likeness (QED) is 0.433. The maximum atomic E-state index is 13.2. The first-order valence-electron chi connectivity index (χ1n) is 12.5. The van der Waals surface area contributed by atoms with Crippen LogP contribution in [-0.4, -0.2) is 86.3 Å². The van der Waals surface area contributed by atoms with E-state index in [0.717, 1.165) is 16.2 Å². The summed E-state index contributed by atoms with van der Waals surface area (Å²) < 4.78 is 16.0. The van der Waals surface area contributed by atoms with Crippen LogP contribution < -0.4 is 15.5 Å². The lowest BCUT2D eigenvalue weighted by Crippen LogP contribution is -2.46. The van der Waals surface area contributed by atoms with E-state index in [-0.39, 0.29) is 36.4 Å². The molecule has 4 amide bonds. The van der Waals surface area contributed by atoms with E-state index in [1.807, 2.05) is 0 Å². The lowest BCUT2D eigenvalue weighted by molar-refractivity contribution is -0.153. The number of morpholine rings is 1. The monoisotopic (exact) mass is 592 g/mol. The second-order valence-electron chi connectivity index (χ2n) is 9.52. The molecule has 3 heterocycles. The Bertz CT molecular complexity index is 1280. The molecule has 0 aliphatic carbocycles. The van der Waals surface area contributed by atoms with Gasteiger partial charge in [0, 0.05) is 17.9 Å². The molecule has 4 rings (SSSR count). The highest BCUT2D eigenvalue weighted by Crippen LogP contribution is 2.27. The number of hydrogen-bond donors (Lipinski definition) is 1. The number of amides is 4. The van der Waals surface area contributed by atoms with Crippen LogP contribution in [0, 0.1) is 5.92 Å². The largest absolute Gasteiger partial charge is 0.454 e. The van der Waals surface area contributed by atoms with E-state index in [1.165, 1.54) is 17.0 Å². The molecule has 2 aromatic rings. The number of esters is 1. The molecule has 40 heavy (non-hydrogen) atoms. The predicted molar refractivity (Wildman–Crippen MR) is 146 cm³/mol. The average Bonchev–Trinajstić information content (AvgIpc) is 3.54. The minimum absolute atomic E-state index is 0.0111. The molecule has 14 heteroatoms. The molecule has 2 N–H and O–H groups in total. The van der Waals surface area contributed by atoms with Crippen molar-refractivity contribution in [2.45, 2.75) is 26.0 Å². The van der Waals surface area contributed by atoms with Crippen LogP contribution >= 0.6 is 22.9 Å². The van der Waals surface area contributed by atoms with Crippen molar-refractivity contribution in [2.75, 3.05) is 49.3 Å². The number of thiophene rings is 1. The van der Waals surface area contributed by atoms with E-state index in [2.05, 4.69) is 0 Å². The van der Waals surface area contributed by atoms with Crippen molar-refractivity contribution >= 4 is 64.1 Å². The number of ether oxygens (including phenoxy) is 3. The van der Waals surface area contributed by atoms with Crippen LogP contribution in [0.1, 0.15) is 23.5 Å². The van der Waals surface area contributed by atoms with Gasteiger partial charge in [-0.1, -0.05) is 25.4 Å². The zero-order valence-corrected chi connectivity index (χ0v) is 23.5. The fourth-order valence-corrected chi connectivity index (χ4v) is 5.07. The third kappa shape index (κ3) is 6.78. The molecule has 0 radical (unpaired) electrons.